The number of rotatable bonds is 28. The molecule has 3 aliphatic heterocycles. The molecule has 0 aromatic heterocycles. The van der Waals surface area contributed by atoms with E-state index in [-0.39, 0.29) is 46.1 Å². The predicted octanol–water partition coefficient (Wildman–Crippen LogP) is 8.20. The normalized spacial score (nSPS) is 15.1. The molecule has 0 atom stereocenters. The Labute approximate surface area is 478 Å². The van der Waals surface area contributed by atoms with Crippen LogP contribution in [0.25, 0.3) is 0 Å². The van der Waals surface area contributed by atoms with Crippen molar-refractivity contribution in [2.24, 2.45) is 5.41 Å². The van der Waals surface area contributed by atoms with Crippen molar-refractivity contribution < 1.29 is 57.2 Å². The summed E-state index contributed by atoms with van der Waals surface area (Å²) in [5, 5.41) is 17.7. The number of carbonyl (C=O) groups is 6. The van der Waals surface area contributed by atoms with Crippen LogP contribution in [0.4, 0.5) is 28.8 Å². The van der Waals surface area contributed by atoms with Gasteiger partial charge in [0.15, 0.2) is 0 Å². The van der Waals surface area contributed by atoms with Gasteiger partial charge in [0, 0.05) is 58.9 Å². The van der Waals surface area contributed by atoms with Gasteiger partial charge >= 0.3 is 36.6 Å². The molecule has 3 fully saturated rings. The van der Waals surface area contributed by atoms with Crippen LogP contribution in [-0.4, -0.2) is 150 Å². The minimum absolute atomic E-state index is 0.234. The number of hydrogen-bond acceptors (Lipinski definition) is 15. The first-order chi connectivity index (χ1) is 37.9. The molecule has 0 bridgehead atoms. The molecule has 3 saturated heterocycles. The maximum absolute atomic E-state index is 13.9. The Morgan fingerprint density at radius 2 is 0.556 bits per heavy atom. The molecule has 3 aromatic carbocycles. The quantitative estimate of drug-likeness (QED) is 0.0297. The van der Waals surface area contributed by atoms with Crippen LogP contribution in [0.15, 0.2) is 72.8 Å². The summed E-state index contributed by atoms with van der Waals surface area (Å²) < 4.78 is 34.1. The number of carbonyl (C=O) groups excluding carboxylic acids is 6. The van der Waals surface area contributed by atoms with Crippen molar-refractivity contribution in [2.75, 3.05) is 98.5 Å². The van der Waals surface area contributed by atoms with Crippen molar-refractivity contribution in [3.8, 4) is 0 Å². The Kier molecular flexibility index (Phi) is 20.6. The first-order valence-corrected chi connectivity index (χ1v) is 28.1. The Hall–Kier alpha value is -6.84. The van der Waals surface area contributed by atoms with Gasteiger partial charge in [-0.15, -0.1) is 0 Å². The average molecular weight is 1130 g/mol. The lowest BCUT2D eigenvalue weighted by Gasteiger charge is -2.34. The number of nitrogens with one attached hydrogen (secondary N) is 6. The summed E-state index contributed by atoms with van der Waals surface area (Å²) in [6.07, 6.45) is -3.71. The fraction of sp³-hybridized carbons (Fsp3) is 0.600. The molecule has 6 rings (SSSR count). The molecule has 0 aliphatic carbocycles. The molecule has 0 saturated carbocycles. The highest BCUT2D eigenvalue weighted by atomic mass is 16.6. The van der Waals surface area contributed by atoms with Crippen LogP contribution in [0.3, 0.4) is 0 Å². The summed E-state index contributed by atoms with van der Waals surface area (Å²) in [5.74, 6) is 0. The fourth-order valence-corrected chi connectivity index (χ4v) is 8.84. The molecule has 3 heterocycles. The number of ether oxygens (including phenoxy) is 6. The number of benzene rings is 3. The second-order valence-electron chi connectivity index (χ2n) is 24.8. The molecular weight excluding hydrogens is 1040 g/mol. The zero-order chi connectivity index (χ0) is 59.4. The first kappa shape index (κ1) is 63.3. The molecule has 81 heavy (non-hydrogen) atoms. The lowest BCUT2D eigenvalue weighted by molar-refractivity contribution is -0.0206. The Bertz CT molecular complexity index is 2400. The second kappa shape index (κ2) is 26.4. The maximum Gasteiger partial charge on any atom is 0.407 e. The summed E-state index contributed by atoms with van der Waals surface area (Å²) in [5.41, 5.74) is -2.15. The minimum Gasteiger partial charge on any atom is -0.449 e. The molecule has 0 unspecified atom stereocenters. The van der Waals surface area contributed by atoms with E-state index in [1.54, 1.807) is 0 Å². The van der Waals surface area contributed by atoms with E-state index in [2.05, 4.69) is 46.6 Å². The highest BCUT2D eigenvalue weighted by molar-refractivity contribution is 5.72. The van der Waals surface area contributed by atoms with Gasteiger partial charge in [-0.3, -0.25) is 14.7 Å². The van der Waals surface area contributed by atoms with Gasteiger partial charge in [-0.1, -0.05) is 79.7 Å². The third-order valence-electron chi connectivity index (χ3n) is 15.2. The number of alkyl carbamates (subject to hydrolysis) is 6. The summed E-state index contributed by atoms with van der Waals surface area (Å²) in [6, 6.07) is 22.5. The molecule has 0 spiro atoms. The van der Waals surface area contributed by atoms with Crippen LogP contribution in [0.2, 0.25) is 0 Å². The molecule has 6 N–H and O–H groups in total. The van der Waals surface area contributed by atoms with Gasteiger partial charge in [-0.25, -0.2) is 28.8 Å². The first-order valence-electron chi connectivity index (χ1n) is 28.1. The van der Waals surface area contributed by atoms with Crippen LogP contribution in [-0.2, 0) is 61.7 Å². The highest BCUT2D eigenvalue weighted by Gasteiger charge is 2.38. The summed E-state index contributed by atoms with van der Waals surface area (Å²) in [4.78, 5) is 86.4. The van der Waals surface area contributed by atoms with Gasteiger partial charge in [-0.05, 0) is 123 Å². The maximum atomic E-state index is 13.9. The van der Waals surface area contributed by atoms with Gasteiger partial charge in [0.25, 0.3) is 0 Å². The summed E-state index contributed by atoms with van der Waals surface area (Å²) in [6.45, 7) is 31.9. The van der Waals surface area contributed by atoms with Gasteiger partial charge in [0.1, 0.15) is 39.6 Å². The van der Waals surface area contributed by atoms with Crippen molar-refractivity contribution in [1.29, 1.82) is 0 Å². The third-order valence-corrected chi connectivity index (χ3v) is 15.2. The monoisotopic (exact) mass is 1130 g/mol. The van der Waals surface area contributed by atoms with Crippen LogP contribution in [0.1, 0.15) is 130 Å². The summed E-state index contributed by atoms with van der Waals surface area (Å²) in [7, 11) is 0. The van der Waals surface area contributed by atoms with E-state index in [1.165, 1.54) is 0 Å². The molecule has 3 aliphatic rings. The molecule has 446 valence electrons. The van der Waals surface area contributed by atoms with E-state index in [9.17, 15) is 28.8 Å². The van der Waals surface area contributed by atoms with Crippen molar-refractivity contribution in [2.45, 2.75) is 130 Å². The van der Waals surface area contributed by atoms with Crippen LogP contribution >= 0.6 is 0 Å². The van der Waals surface area contributed by atoms with E-state index < -0.39 is 75.2 Å². The topological polar surface area (TPSA) is 239 Å². The number of nitrogens with zero attached hydrogens (tertiary/aromatic N) is 3. The van der Waals surface area contributed by atoms with E-state index in [1.807, 2.05) is 163 Å². The van der Waals surface area contributed by atoms with E-state index >= 15 is 0 Å². The Morgan fingerprint density at radius 3 is 0.741 bits per heavy atom. The third kappa shape index (κ3) is 19.7. The van der Waals surface area contributed by atoms with E-state index in [0.29, 0.717) is 19.6 Å². The lowest BCUT2D eigenvalue weighted by atomic mass is 9.87. The lowest BCUT2D eigenvalue weighted by Crippen LogP contribution is -2.48. The van der Waals surface area contributed by atoms with Crippen LogP contribution in [0, 0.1) is 5.41 Å². The Balaban J connectivity index is 1.13. The van der Waals surface area contributed by atoms with Crippen molar-refractivity contribution >= 4 is 36.6 Å². The standard InChI is InChI=1S/C60H89N9O12/c1-14-60(39-79-51(73)64-57(8,9)45-21-15-18-42(36-45)54(2,3)61-48(70)76-33-30-67-24-25-67,40-80-52(74)65-58(10,11)46-22-16-19-43(37-46)55(4,5)62-49(71)77-34-31-68-26-27-68)41-81-53(75)66-59(12,13)47-23-17-20-44(38-47)56(6,7)63-50(72)78-35-32-69-28-29-69/h15-23,36-38H,14,24-35,39-41H2,1-13H3,(H,61,70)(H,62,71)(H,63,72)(H,64,73)(H,65,74)(H,66,75). The second-order valence-corrected chi connectivity index (χ2v) is 24.8. The number of hydrogen-bond donors (Lipinski definition) is 6. The zero-order valence-electron chi connectivity index (χ0n) is 50.0. The molecule has 0 radical (unpaired) electrons. The smallest absolute Gasteiger partial charge is 0.407 e. The number of amides is 6. The molecule has 21 nitrogen and oxygen atoms in total. The van der Waals surface area contributed by atoms with Gasteiger partial charge in [0.2, 0.25) is 0 Å². The predicted molar refractivity (Wildman–Crippen MR) is 306 cm³/mol. The Morgan fingerprint density at radius 1 is 0.358 bits per heavy atom. The van der Waals surface area contributed by atoms with Crippen molar-refractivity contribution in [3.63, 3.8) is 0 Å². The van der Waals surface area contributed by atoms with E-state index in [0.717, 1.165) is 72.6 Å². The van der Waals surface area contributed by atoms with Crippen LogP contribution < -0.4 is 31.9 Å². The summed E-state index contributed by atoms with van der Waals surface area (Å²) >= 11 is 0. The highest BCUT2D eigenvalue weighted by Crippen LogP contribution is 2.32. The van der Waals surface area contributed by atoms with Gasteiger partial charge in [0.05, 0.1) is 38.6 Å². The average Bonchev–Trinajstić information content (AvgIpc) is 4.33. The van der Waals surface area contributed by atoms with E-state index in [4.69, 9.17) is 28.4 Å². The molecular formula is C60H89N9O12. The zero-order valence-corrected chi connectivity index (χ0v) is 50.0. The van der Waals surface area contributed by atoms with Gasteiger partial charge in [-0.2, -0.15) is 0 Å². The minimum atomic E-state index is -1.24. The van der Waals surface area contributed by atoms with Crippen LogP contribution in [0.5, 0.6) is 0 Å². The molecule has 6 amide bonds. The van der Waals surface area contributed by atoms with Crippen molar-refractivity contribution in [1.82, 2.24) is 46.6 Å². The SMILES string of the molecule is CCC(COC(=O)NC(C)(C)c1cccc(C(C)(C)NC(=O)OCCN2CC2)c1)(COC(=O)NC(C)(C)c1cccc(C(C)(C)NC(=O)OCCN2CC2)c1)COC(=O)NC(C)(C)c1cccc(C(C)(C)NC(=O)OCCN2CC2)c1. The largest absolute Gasteiger partial charge is 0.449 e. The molecule has 21 heteroatoms. The van der Waals surface area contributed by atoms with Gasteiger partial charge < -0.3 is 60.3 Å². The van der Waals surface area contributed by atoms with Crippen molar-refractivity contribution in [3.05, 3.63) is 106 Å². The fourth-order valence-electron chi connectivity index (χ4n) is 8.84. The molecule has 3 aromatic rings.